The molecule has 18 heavy (non-hydrogen) atoms. The zero-order valence-corrected chi connectivity index (χ0v) is 10.5. The van der Waals surface area contributed by atoms with Crippen molar-refractivity contribution in [2.75, 3.05) is 13.7 Å². The highest BCUT2D eigenvalue weighted by Gasteiger charge is 2.19. The predicted molar refractivity (Wildman–Crippen MR) is 70.3 cm³/mol. The molecular weight excluding hydrogens is 228 g/mol. The molecule has 4 nitrogen and oxygen atoms in total. The van der Waals surface area contributed by atoms with E-state index in [9.17, 15) is 4.79 Å². The van der Waals surface area contributed by atoms with Crippen molar-refractivity contribution in [1.29, 1.82) is 0 Å². The van der Waals surface area contributed by atoms with E-state index in [4.69, 9.17) is 10.5 Å². The molecule has 2 N–H and O–H groups in total. The average molecular weight is 244 g/mol. The Morgan fingerprint density at radius 1 is 1.39 bits per heavy atom. The minimum Gasteiger partial charge on any atom is -0.469 e. The van der Waals surface area contributed by atoms with E-state index in [1.54, 1.807) is 0 Å². The highest BCUT2D eigenvalue weighted by Crippen LogP contribution is 2.21. The molecule has 1 aromatic heterocycles. The number of hydrogen-bond donors (Lipinski definition) is 1. The first-order chi connectivity index (χ1) is 8.65. The Labute approximate surface area is 106 Å². The molecule has 0 spiro atoms. The molecule has 0 aliphatic heterocycles. The topological polar surface area (TPSA) is 65.2 Å². The number of nitrogens with zero attached hydrogens (tertiary/aromatic N) is 1. The van der Waals surface area contributed by atoms with Crippen molar-refractivity contribution in [1.82, 2.24) is 4.98 Å². The monoisotopic (exact) mass is 244 g/mol. The number of nitrogens with two attached hydrogens (primary N) is 1. The first-order valence-corrected chi connectivity index (χ1v) is 5.81. The van der Waals surface area contributed by atoms with Crippen LogP contribution in [0.15, 0.2) is 30.3 Å². The van der Waals surface area contributed by atoms with Gasteiger partial charge in [0.2, 0.25) is 0 Å². The fourth-order valence-corrected chi connectivity index (χ4v) is 1.97. The molecule has 0 saturated carbocycles. The van der Waals surface area contributed by atoms with Gasteiger partial charge >= 0.3 is 5.97 Å². The van der Waals surface area contributed by atoms with Crippen molar-refractivity contribution in [2.24, 2.45) is 5.73 Å². The van der Waals surface area contributed by atoms with Crippen molar-refractivity contribution in [3.8, 4) is 0 Å². The van der Waals surface area contributed by atoms with Gasteiger partial charge in [0.05, 0.1) is 18.5 Å². The molecule has 0 amide bonds. The second-order valence-electron chi connectivity index (χ2n) is 4.22. The number of carbonyl (C=O) groups excluding carboxylic acids is 1. The summed E-state index contributed by atoms with van der Waals surface area (Å²) in [5.41, 5.74) is 8.38. The van der Waals surface area contributed by atoms with Crippen LogP contribution in [0.3, 0.4) is 0 Å². The number of ether oxygens (including phenoxy) is 1. The van der Waals surface area contributed by atoms with Crippen LogP contribution in [0, 0.1) is 6.92 Å². The van der Waals surface area contributed by atoms with Crippen LogP contribution in [-0.2, 0) is 9.53 Å². The van der Waals surface area contributed by atoms with Crippen LogP contribution in [0.25, 0.3) is 10.9 Å². The number of aryl methyl sites for hydroxylation is 1. The van der Waals surface area contributed by atoms with Gasteiger partial charge in [0.25, 0.3) is 0 Å². The molecule has 2 rings (SSSR count). The Bertz CT molecular complexity index is 581. The summed E-state index contributed by atoms with van der Waals surface area (Å²) in [5.74, 6) is -0.724. The molecule has 0 saturated heterocycles. The fourth-order valence-electron chi connectivity index (χ4n) is 1.97. The molecule has 0 aliphatic rings. The first kappa shape index (κ1) is 12.5. The van der Waals surface area contributed by atoms with Crippen LogP contribution >= 0.6 is 0 Å². The van der Waals surface area contributed by atoms with Crippen molar-refractivity contribution in [3.63, 3.8) is 0 Å². The van der Waals surface area contributed by atoms with Crippen LogP contribution in [0.1, 0.15) is 17.2 Å². The Morgan fingerprint density at radius 2 is 2.17 bits per heavy atom. The molecule has 0 bridgehead atoms. The van der Waals surface area contributed by atoms with Gasteiger partial charge in [-0.15, -0.1) is 0 Å². The lowest BCUT2D eigenvalue weighted by Crippen LogP contribution is -2.22. The van der Waals surface area contributed by atoms with Gasteiger partial charge in [0.1, 0.15) is 0 Å². The summed E-state index contributed by atoms with van der Waals surface area (Å²) in [4.78, 5) is 16.0. The number of fused-ring (bicyclic) bond motifs is 1. The van der Waals surface area contributed by atoms with E-state index in [1.807, 2.05) is 37.3 Å². The van der Waals surface area contributed by atoms with Gasteiger partial charge < -0.3 is 10.5 Å². The van der Waals surface area contributed by atoms with Crippen molar-refractivity contribution < 1.29 is 9.53 Å². The Kier molecular flexibility index (Phi) is 3.58. The minimum atomic E-state index is -0.416. The van der Waals surface area contributed by atoms with Crippen molar-refractivity contribution in [3.05, 3.63) is 41.6 Å². The molecule has 0 aliphatic carbocycles. The maximum absolute atomic E-state index is 11.6. The fraction of sp³-hybridized carbons (Fsp3) is 0.286. The van der Waals surface area contributed by atoms with Crippen molar-refractivity contribution >= 4 is 16.9 Å². The third-order valence-corrected chi connectivity index (χ3v) is 2.98. The summed E-state index contributed by atoms with van der Waals surface area (Å²) >= 11 is 0. The molecule has 1 aromatic carbocycles. The zero-order chi connectivity index (χ0) is 13.1. The van der Waals surface area contributed by atoms with Gasteiger partial charge in [0.15, 0.2) is 0 Å². The number of methoxy groups -OCH3 is 1. The van der Waals surface area contributed by atoms with Crippen LogP contribution in [0.4, 0.5) is 0 Å². The number of carbonyl (C=O) groups is 1. The minimum absolute atomic E-state index is 0.234. The third kappa shape index (κ3) is 2.33. The quantitative estimate of drug-likeness (QED) is 0.835. The van der Waals surface area contributed by atoms with Crippen LogP contribution in [-0.4, -0.2) is 24.6 Å². The molecule has 1 heterocycles. The lowest BCUT2D eigenvalue weighted by molar-refractivity contribution is -0.142. The summed E-state index contributed by atoms with van der Waals surface area (Å²) < 4.78 is 4.75. The maximum Gasteiger partial charge on any atom is 0.314 e. The molecular formula is C14H16N2O2. The highest BCUT2D eigenvalue weighted by molar-refractivity contribution is 5.83. The molecule has 1 atom stereocenters. The van der Waals surface area contributed by atoms with E-state index in [0.717, 1.165) is 22.2 Å². The van der Waals surface area contributed by atoms with Crippen LogP contribution < -0.4 is 5.73 Å². The van der Waals surface area contributed by atoms with E-state index in [-0.39, 0.29) is 12.5 Å². The number of esters is 1. The van der Waals surface area contributed by atoms with E-state index < -0.39 is 5.92 Å². The lowest BCUT2D eigenvalue weighted by Gasteiger charge is -2.13. The number of aromatic nitrogens is 1. The Hall–Kier alpha value is -1.94. The second-order valence-corrected chi connectivity index (χ2v) is 4.22. The van der Waals surface area contributed by atoms with Gasteiger partial charge in [-0.2, -0.15) is 0 Å². The van der Waals surface area contributed by atoms with Gasteiger partial charge in [-0.1, -0.05) is 12.1 Å². The van der Waals surface area contributed by atoms with E-state index in [2.05, 4.69) is 4.98 Å². The lowest BCUT2D eigenvalue weighted by atomic mass is 9.97. The molecule has 94 valence electrons. The SMILES string of the molecule is COC(=O)C(CN)c1ccc2nc(C)ccc2c1. The molecule has 0 radical (unpaired) electrons. The number of hydrogen-bond acceptors (Lipinski definition) is 4. The third-order valence-electron chi connectivity index (χ3n) is 2.98. The summed E-state index contributed by atoms with van der Waals surface area (Å²) in [6, 6.07) is 9.66. The Balaban J connectivity index is 2.46. The van der Waals surface area contributed by atoms with Gasteiger partial charge in [-0.3, -0.25) is 9.78 Å². The average Bonchev–Trinajstić information content (AvgIpc) is 2.39. The largest absolute Gasteiger partial charge is 0.469 e. The molecule has 4 heteroatoms. The maximum atomic E-state index is 11.6. The summed E-state index contributed by atoms with van der Waals surface area (Å²) in [6.07, 6.45) is 0. The molecule has 1 unspecified atom stereocenters. The standard InChI is InChI=1S/C14H16N2O2/c1-9-3-4-11-7-10(5-6-13(11)16-9)12(8-15)14(17)18-2/h3-7,12H,8,15H2,1-2H3. The predicted octanol–water partition coefficient (Wildman–Crippen LogP) is 1.76. The van der Waals surface area contributed by atoms with Gasteiger partial charge in [-0.25, -0.2) is 0 Å². The molecule has 0 fully saturated rings. The Morgan fingerprint density at radius 3 is 2.83 bits per heavy atom. The normalized spacial score (nSPS) is 12.4. The van der Waals surface area contributed by atoms with E-state index in [1.165, 1.54) is 7.11 Å². The highest BCUT2D eigenvalue weighted by atomic mass is 16.5. The van der Waals surface area contributed by atoms with Gasteiger partial charge in [0, 0.05) is 17.6 Å². The van der Waals surface area contributed by atoms with E-state index >= 15 is 0 Å². The van der Waals surface area contributed by atoms with Crippen LogP contribution in [0.5, 0.6) is 0 Å². The van der Waals surface area contributed by atoms with Crippen LogP contribution in [0.2, 0.25) is 0 Å². The first-order valence-electron chi connectivity index (χ1n) is 5.81. The number of pyridine rings is 1. The van der Waals surface area contributed by atoms with Gasteiger partial charge in [-0.05, 0) is 30.7 Å². The summed E-state index contributed by atoms with van der Waals surface area (Å²) in [6.45, 7) is 2.18. The van der Waals surface area contributed by atoms with Crippen molar-refractivity contribution in [2.45, 2.75) is 12.8 Å². The number of benzene rings is 1. The smallest absolute Gasteiger partial charge is 0.314 e. The summed E-state index contributed by atoms with van der Waals surface area (Å²) in [5, 5.41) is 1.00. The van der Waals surface area contributed by atoms with E-state index in [0.29, 0.717) is 0 Å². The second kappa shape index (κ2) is 5.14. The molecule has 2 aromatic rings. The zero-order valence-electron chi connectivity index (χ0n) is 10.5. The summed E-state index contributed by atoms with van der Waals surface area (Å²) in [7, 11) is 1.37. The number of rotatable bonds is 3.